The Hall–Kier alpha value is -0.780. The van der Waals surface area contributed by atoms with Crippen molar-refractivity contribution in [3.05, 3.63) is 21.7 Å². The number of nitrogens with one attached hydrogen (secondary N) is 2. The van der Waals surface area contributed by atoms with Crippen molar-refractivity contribution in [2.75, 3.05) is 13.1 Å². The highest BCUT2D eigenvalue weighted by atomic mass is 32.1. The van der Waals surface area contributed by atoms with Gasteiger partial charge in [0, 0.05) is 37.2 Å². The van der Waals surface area contributed by atoms with E-state index in [2.05, 4.69) is 15.3 Å². The molecule has 1 aromatic heterocycles. The summed E-state index contributed by atoms with van der Waals surface area (Å²) in [5, 5.41) is 3.32. The van der Waals surface area contributed by atoms with Gasteiger partial charge < -0.3 is 16.0 Å². The normalized spacial score (nSPS) is 15.2. The molecule has 1 aliphatic heterocycles. The molecule has 0 aliphatic carbocycles. The van der Waals surface area contributed by atoms with Gasteiger partial charge in [0.15, 0.2) is 4.77 Å². The van der Waals surface area contributed by atoms with Crippen molar-refractivity contribution in [1.82, 2.24) is 15.3 Å². The van der Waals surface area contributed by atoms with Crippen LogP contribution in [0.25, 0.3) is 0 Å². The molecule has 0 spiro atoms. The van der Waals surface area contributed by atoms with Crippen LogP contribution >= 0.6 is 12.2 Å². The van der Waals surface area contributed by atoms with Gasteiger partial charge in [-0.25, -0.2) is 4.98 Å². The largest absolute Gasteiger partial charge is 0.334 e. The molecule has 0 amide bonds. The second kappa shape index (κ2) is 4.16. The van der Waals surface area contributed by atoms with Crippen LogP contribution in [0.2, 0.25) is 0 Å². The summed E-state index contributed by atoms with van der Waals surface area (Å²) in [4.78, 5) is 7.46. The molecule has 4 nitrogen and oxygen atoms in total. The fraction of sp³-hybridized carbons (Fsp3) is 0.556. The highest BCUT2D eigenvalue weighted by Crippen LogP contribution is 2.14. The van der Waals surface area contributed by atoms with Gasteiger partial charge in [-0.05, 0) is 18.8 Å². The first-order valence-corrected chi connectivity index (χ1v) is 5.24. The maximum absolute atomic E-state index is 5.54. The highest BCUT2D eigenvalue weighted by molar-refractivity contribution is 7.71. The van der Waals surface area contributed by atoms with Gasteiger partial charge in [-0.3, -0.25) is 0 Å². The zero-order chi connectivity index (χ0) is 9.97. The number of nitrogens with zero attached hydrogens (tertiary/aromatic N) is 1. The molecule has 0 saturated carbocycles. The number of aromatic amines is 1. The number of rotatable bonds is 2. The van der Waals surface area contributed by atoms with E-state index in [0.29, 0.717) is 11.3 Å². The number of hydrogen-bond acceptors (Lipinski definition) is 4. The molecule has 0 radical (unpaired) electrons. The SMILES string of the molecule is NCCc1nc(=S)[nH]c2c1CNCC2. The summed E-state index contributed by atoms with van der Waals surface area (Å²) in [5.74, 6) is 0. The van der Waals surface area contributed by atoms with Crippen molar-refractivity contribution in [3.63, 3.8) is 0 Å². The summed E-state index contributed by atoms with van der Waals surface area (Å²) >= 11 is 5.07. The van der Waals surface area contributed by atoms with Crippen molar-refractivity contribution in [2.45, 2.75) is 19.4 Å². The average Bonchev–Trinajstić information content (AvgIpc) is 2.18. The molecule has 1 aromatic rings. The number of nitrogens with two attached hydrogens (primary N) is 1. The summed E-state index contributed by atoms with van der Waals surface area (Å²) in [7, 11) is 0. The van der Waals surface area contributed by atoms with Crippen LogP contribution in [0.1, 0.15) is 17.0 Å². The van der Waals surface area contributed by atoms with E-state index < -0.39 is 0 Å². The maximum Gasteiger partial charge on any atom is 0.197 e. The minimum absolute atomic E-state index is 0.578. The van der Waals surface area contributed by atoms with Crippen molar-refractivity contribution in [2.24, 2.45) is 5.73 Å². The van der Waals surface area contributed by atoms with E-state index in [9.17, 15) is 0 Å². The molecule has 14 heavy (non-hydrogen) atoms. The number of hydrogen-bond donors (Lipinski definition) is 3. The standard InChI is InChI=1S/C9H14N4S/c10-3-1-7-6-5-11-4-2-8(6)13-9(14)12-7/h11H,1-5,10H2,(H,12,13,14). The van der Waals surface area contributed by atoms with Gasteiger partial charge in [0.05, 0.1) is 5.69 Å². The molecule has 76 valence electrons. The predicted molar refractivity (Wildman–Crippen MR) is 57.6 cm³/mol. The lowest BCUT2D eigenvalue weighted by molar-refractivity contribution is 0.614. The van der Waals surface area contributed by atoms with Crippen molar-refractivity contribution in [1.29, 1.82) is 0 Å². The Morgan fingerprint density at radius 1 is 1.50 bits per heavy atom. The van der Waals surface area contributed by atoms with Crippen LogP contribution in [-0.2, 0) is 19.4 Å². The monoisotopic (exact) mass is 210 g/mol. The van der Waals surface area contributed by atoms with E-state index in [1.165, 1.54) is 11.3 Å². The van der Waals surface area contributed by atoms with Crippen LogP contribution in [0.4, 0.5) is 0 Å². The molecular weight excluding hydrogens is 196 g/mol. The first-order valence-electron chi connectivity index (χ1n) is 4.83. The van der Waals surface area contributed by atoms with Gasteiger partial charge >= 0.3 is 0 Å². The van der Waals surface area contributed by atoms with Crippen LogP contribution in [0.3, 0.4) is 0 Å². The van der Waals surface area contributed by atoms with E-state index in [4.69, 9.17) is 18.0 Å². The van der Waals surface area contributed by atoms with Gasteiger partial charge in [0.25, 0.3) is 0 Å². The second-order valence-electron chi connectivity index (χ2n) is 3.41. The molecule has 1 aliphatic rings. The van der Waals surface area contributed by atoms with E-state index in [0.717, 1.165) is 31.6 Å². The van der Waals surface area contributed by atoms with Crippen LogP contribution in [0.15, 0.2) is 0 Å². The number of aromatic nitrogens is 2. The number of H-pyrrole nitrogens is 1. The Morgan fingerprint density at radius 3 is 3.14 bits per heavy atom. The molecule has 2 heterocycles. The fourth-order valence-corrected chi connectivity index (χ4v) is 2.02. The average molecular weight is 210 g/mol. The van der Waals surface area contributed by atoms with E-state index in [1.807, 2.05) is 0 Å². The topological polar surface area (TPSA) is 66.7 Å². The Morgan fingerprint density at radius 2 is 2.36 bits per heavy atom. The summed E-state index contributed by atoms with van der Waals surface area (Å²) in [5.41, 5.74) is 9.08. The van der Waals surface area contributed by atoms with E-state index in [-0.39, 0.29) is 0 Å². The third-order valence-electron chi connectivity index (χ3n) is 2.44. The number of fused-ring (bicyclic) bond motifs is 1. The summed E-state index contributed by atoms with van der Waals surface area (Å²) in [6, 6.07) is 0. The summed E-state index contributed by atoms with van der Waals surface area (Å²) in [6.07, 6.45) is 1.81. The van der Waals surface area contributed by atoms with Gasteiger partial charge in [0.2, 0.25) is 0 Å². The van der Waals surface area contributed by atoms with Crippen molar-refractivity contribution < 1.29 is 0 Å². The fourth-order valence-electron chi connectivity index (χ4n) is 1.79. The Bertz CT molecular complexity index is 385. The van der Waals surface area contributed by atoms with Crippen LogP contribution in [-0.4, -0.2) is 23.1 Å². The van der Waals surface area contributed by atoms with Gasteiger partial charge in [-0.1, -0.05) is 0 Å². The van der Waals surface area contributed by atoms with Gasteiger partial charge in [-0.2, -0.15) is 0 Å². The molecular formula is C9H14N4S. The third kappa shape index (κ3) is 1.84. The Labute approximate surface area is 87.9 Å². The maximum atomic E-state index is 5.54. The summed E-state index contributed by atoms with van der Waals surface area (Å²) < 4.78 is 0.578. The lowest BCUT2D eigenvalue weighted by atomic mass is 10.0. The lowest BCUT2D eigenvalue weighted by Crippen LogP contribution is -2.27. The summed E-state index contributed by atoms with van der Waals surface area (Å²) in [6.45, 7) is 2.51. The van der Waals surface area contributed by atoms with Gasteiger partial charge in [0.1, 0.15) is 0 Å². The minimum Gasteiger partial charge on any atom is -0.334 e. The zero-order valence-corrected chi connectivity index (χ0v) is 8.78. The molecule has 0 atom stereocenters. The molecule has 0 fully saturated rings. The molecule has 5 heteroatoms. The molecule has 2 rings (SSSR count). The zero-order valence-electron chi connectivity index (χ0n) is 7.97. The predicted octanol–water partition coefficient (Wildman–Crippen LogP) is 0.286. The first-order chi connectivity index (χ1) is 6.81. The van der Waals surface area contributed by atoms with Crippen molar-refractivity contribution in [3.8, 4) is 0 Å². The van der Waals surface area contributed by atoms with Crippen LogP contribution in [0, 0.1) is 4.77 Å². The highest BCUT2D eigenvalue weighted by Gasteiger charge is 2.13. The van der Waals surface area contributed by atoms with Crippen LogP contribution < -0.4 is 11.1 Å². The second-order valence-corrected chi connectivity index (χ2v) is 3.80. The lowest BCUT2D eigenvalue weighted by Gasteiger charge is -2.19. The van der Waals surface area contributed by atoms with Crippen LogP contribution in [0.5, 0.6) is 0 Å². The molecule has 0 unspecified atom stereocenters. The third-order valence-corrected chi connectivity index (χ3v) is 2.63. The van der Waals surface area contributed by atoms with Crippen molar-refractivity contribution >= 4 is 12.2 Å². The molecule has 0 saturated heterocycles. The first kappa shape index (κ1) is 9.76. The quantitative estimate of drug-likeness (QED) is 0.614. The Kier molecular flexibility index (Phi) is 2.90. The van der Waals surface area contributed by atoms with Gasteiger partial charge in [-0.15, -0.1) is 0 Å². The van der Waals surface area contributed by atoms with E-state index in [1.54, 1.807) is 0 Å². The molecule has 0 bridgehead atoms. The Balaban J connectivity index is 2.47. The smallest absolute Gasteiger partial charge is 0.197 e. The minimum atomic E-state index is 0.578. The molecule has 4 N–H and O–H groups in total. The molecule has 0 aromatic carbocycles. The van der Waals surface area contributed by atoms with E-state index >= 15 is 0 Å².